The molecule has 1 aliphatic heterocycles. The topological polar surface area (TPSA) is 90.6 Å². The van der Waals surface area contributed by atoms with Crippen molar-refractivity contribution in [3.63, 3.8) is 0 Å². The normalized spacial score (nSPS) is 23.9. The molecule has 3 atom stereocenters. The van der Waals surface area contributed by atoms with Crippen LogP contribution < -0.4 is 15.5 Å². The van der Waals surface area contributed by atoms with Gasteiger partial charge in [-0.1, -0.05) is 25.0 Å². The Morgan fingerprint density at radius 1 is 1.00 bits per heavy atom. The molecule has 1 amide bonds. The van der Waals surface area contributed by atoms with Crippen LogP contribution in [0.15, 0.2) is 52.9 Å². The van der Waals surface area contributed by atoms with E-state index in [0.29, 0.717) is 11.9 Å². The van der Waals surface area contributed by atoms with Gasteiger partial charge < -0.3 is 25.1 Å². The van der Waals surface area contributed by atoms with E-state index in [1.165, 1.54) is 5.69 Å². The fourth-order valence-electron chi connectivity index (χ4n) is 5.12. The Morgan fingerprint density at radius 2 is 1.78 bits per heavy atom. The van der Waals surface area contributed by atoms with Crippen molar-refractivity contribution >= 4 is 22.9 Å². The van der Waals surface area contributed by atoms with Crippen molar-refractivity contribution in [3.05, 3.63) is 48.5 Å². The van der Waals surface area contributed by atoms with E-state index in [-0.39, 0.29) is 12.1 Å². The summed E-state index contributed by atoms with van der Waals surface area (Å²) in [7, 11) is 0. The molecule has 0 radical (unpaired) electrons. The van der Waals surface area contributed by atoms with Gasteiger partial charge in [0, 0.05) is 42.5 Å². The number of fused-ring (bicyclic) bond motifs is 1. The highest BCUT2D eigenvalue weighted by molar-refractivity contribution is 5.76. The van der Waals surface area contributed by atoms with Gasteiger partial charge in [-0.15, -0.1) is 0 Å². The van der Waals surface area contributed by atoms with Crippen LogP contribution in [0.1, 0.15) is 38.5 Å². The van der Waals surface area contributed by atoms with Crippen molar-refractivity contribution < 1.29 is 14.3 Å². The van der Waals surface area contributed by atoms with Crippen molar-refractivity contribution in [3.8, 4) is 11.5 Å². The third kappa shape index (κ3) is 4.58. The minimum atomic E-state index is -0.923. The molecule has 7 nitrogen and oxygen atoms in total. The van der Waals surface area contributed by atoms with Gasteiger partial charge >= 0.3 is 6.09 Å². The van der Waals surface area contributed by atoms with E-state index in [9.17, 15) is 4.79 Å². The molecule has 1 aliphatic carbocycles. The average molecular weight is 435 g/mol. The molecule has 2 aromatic carbocycles. The zero-order valence-corrected chi connectivity index (χ0v) is 18.2. The summed E-state index contributed by atoms with van der Waals surface area (Å²) in [5.74, 6) is 0.644. The number of carboxylic acid groups (broad SMARTS) is 1. The van der Waals surface area contributed by atoms with Gasteiger partial charge in [0.15, 0.2) is 5.58 Å². The van der Waals surface area contributed by atoms with Gasteiger partial charge in [0.05, 0.1) is 0 Å². The fourth-order valence-corrected chi connectivity index (χ4v) is 5.12. The van der Waals surface area contributed by atoms with Crippen LogP contribution in [0.2, 0.25) is 0 Å². The number of anilines is 1. The molecule has 1 saturated heterocycles. The maximum atomic E-state index is 11.2. The summed E-state index contributed by atoms with van der Waals surface area (Å²) in [6.07, 6.45) is 5.50. The lowest BCUT2D eigenvalue weighted by molar-refractivity contribution is 0.176. The van der Waals surface area contributed by atoms with E-state index in [1.807, 2.05) is 24.3 Å². The van der Waals surface area contributed by atoms with Crippen LogP contribution >= 0.6 is 0 Å². The van der Waals surface area contributed by atoms with Crippen molar-refractivity contribution in [1.82, 2.24) is 15.6 Å². The third-order valence-corrected chi connectivity index (χ3v) is 6.72. The summed E-state index contributed by atoms with van der Waals surface area (Å²) in [6, 6.07) is 16.8. The van der Waals surface area contributed by atoms with Crippen molar-refractivity contribution in [2.75, 3.05) is 18.0 Å². The molecule has 3 aromatic rings. The maximum absolute atomic E-state index is 11.2. The molecule has 5 rings (SSSR count). The van der Waals surface area contributed by atoms with Crippen LogP contribution in [0.4, 0.5) is 10.5 Å². The van der Waals surface area contributed by atoms with Gasteiger partial charge in [-0.3, -0.25) is 0 Å². The Balaban J connectivity index is 1.24. The molecule has 168 valence electrons. The minimum absolute atomic E-state index is 0.00668. The fraction of sp³-hybridized carbons (Fsp3) is 0.440. The number of carbonyl (C=O) groups is 1. The summed E-state index contributed by atoms with van der Waals surface area (Å²) in [6.45, 7) is 1.96. The SMILES string of the molecule is O=C(O)NC1CCCCC1NC1CCCN(c2ccc(-c3nc4ccccc4o3)cc2)C1. The maximum Gasteiger partial charge on any atom is 0.404 e. The molecule has 2 heterocycles. The quantitative estimate of drug-likeness (QED) is 0.542. The lowest BCUT2D eigenvalue weighted by Crippen LogP contribution is -2.57. The van der Waals surface area contributed by atoms with Crippen molar-refractivity contribution in [2.24, 2.45) is 0 Å². The molecule has 1 aromatic heterocycles. The monoisotopic (exact) mass is 434 g/mol. The van der Waals surface area contributed by atoms with Crippen LogP contribution in [0.25, 0.3) is 22.6 Å². The Kier molecular flexibility index (Phi) is 5.99. The number of piperidine rings is 1. The number of nitrogens with zero attached hydrogens (tertiary/aromatic N) is 2. The lowest BCUT2D eigenvalue weighted by atomic mass is 9.89. The second kappa shape index (κ2) is 9.20. The van der Waals surface area contributed by atoms with Gasteiger partial charge in [-0.2, -0.15) is 0 Å². The van der Waals surface area contributed by atoms with Gasteiger partial charge in [0.1, 0.15) is 5.52 Å². The molecule has 3 unspecified atom stereocenters. The molecule has 7 heteroatoms. The van der Waals surface area contributed by atoms with Crippen molar-refractivity contribution in [1.29, 1.82) is 0 Å². The number of oxazole rings is 1. The first-order chi connectivity index (χ1) is 15.7. The third-order valence-electron chi connectivity index (χ3n) is 6.72. The van der Waals surface area contributed by atoms with Crippen molar-refractivity contribution in [2.45, 2.75) is 56.7 Å². The summed E-state index contributed by atoms with van der Waals surface area (Å²) >= 11 is 0. The molecule has 2 fully saturated rings. The zero-order valence-electron chi connectivity index (χ0n) is 18.2. The summed E-state index contributed by atoms with van der Waals surface area (Å²) in [5, 5.41) is 15.7. The molecule has 0 spiro atoms. The Morgan fingerprint density at radius 3 is 2.56 bits per heavy atom. The summed E-state index contributed by atoms with van der Waals surface area (Å²) in [4.78, 5) is 18.2. The highest BCUT2D eigenvalue weighted by Gasteiger charge is 2.30. The van der Waals surface area contributed by atoms with Crippen LogP contribution in [0.3, 0.4) is 0 Å². The Labute approximate surface area is 187 Å². The molecule has 32 heavy (non-hydrogen) atoms. The first kappa shape index (κ1) is 20.8. The smallest absolute Gasteiger partial charge is 0.404 e. The van der Waals surface area contributed by atoms with Gasteiger partial charge in [0.2, 0.25) is 5.89 Å². The number of nitrogens with one attached hydrogen (secondary N) is 2. The van der Waals surface area contributed by atoms with E-state index in [2.05, 4.69) is 44.8 Å². The molecule has 2 aliphatic rings. The highest BCUT2D eigenvalue weighted by atomic mass is 16.4. The average Bonchev–Trinajstić information content (AvgIpc) is 3.25. The van der Waals surface area contributed by atoms with Crippen LogP contribution in [0.5, 0.6) is 0 Å². The molecular formula is C25H30N4O3. The largest absolute Gasteiger partial charge is 0.465 e. The molecular weight excluding hydrogens is 404 g/mol. The molecule has 3 N–H and O–H groups in total. The van der Waals surface area contributed by atoms with E-state index >= 15 is 0 Å². The van der Waals surface area contributed by atoms with E-state index in [0.717, 1.165) is 68.3 Å². The van der Waals surface area contributed by atoms with Crippen LogP contribution in [-0.4, -0.2) is 47.4 Å². The highest BCUT2D eigenvalue weighted by Crippen LogP contribution is 2.28. The zero-order chi connectivity index (χ0) is 21.9. The lowest BCUT2D eigenvalue weighted by Gasteiger charge is -2.40. The Bertz CT molecular complexity index is 1030. The predicted octanol–water partition coefficient (Wildman–Crippen LogP) is 4.63. The summed E-state index contributed by atoms with van der Waals surface area (Å²) < 4.78 is 5.90. The standard InChI is InChI=1S/C25H30N4O3/c30-25(31)28-21-8-2-1-7-20(21)26-18-6-5-15-29(16-18)19-13-11-17(12-14-19)24-27-22-9-3-4-10-23(22)32-24/h3-4,9-14,18,20-21,26,28H,1-2,5-8,15-16H2,(H,30,31). The predicted molar refractivity (Wildman–Crippen MR) is 125 cm³/mol. The van der Waals surface area contributed by atoms with Gasteiger partial charge in [-0.05, 0) is 62.1 Å². The number of aromatic nitrogens is 1. The van der Waals surface area contributed by atoms with E-state index < -0.39 is 6.09 Å². The van der Waals surface area contributed by atoms with Gasteiger partial charge in [-0.25, -0.2) is 9.78 Å². The number of rotatable bonds is 5. The first-order valence-corrected chi connectivity index (χ1v) is 11.6. The number of hydrogen-bond donors (Lipinski definition) is 3. The second-order valence-corrected chi connectivity index (χ2v) is 8.93. The van der Waals surface area contributed by atoms with Crippen LogP contribution in [-0.2, 0) is 0 Å². The Hall–Kier alpha value is -3.06. The number of hydrogen-bond acceptors (Lipinski definition) is 5. The number of benzene rings is 2. The molecule has 0 bridgehead atoms. The van der Waals surface area contributed by atoms with E-state index in [1.54, 1.807) is 0 Å². The van der Waals surface area contributed by atoms with Crippen LogP contribution in [0, 0.1) is 0 Å². The molecule has 1 saturated carbocycles. The summed E-state index contributed by atoms with van der Waals surface area (Å²) in [5.41, 5.74) is 3.84. The minimum Gasteiger partial charge on any atom is -0.465 e. The van der Waals surface area contributed by atoms with Gasteiger partial charge in [0.25, 0.3) is 0 Å². The number of amides is 1. The van der Waals surface area contributed by atoms with E-state index in [4.69, 9.17) is 9.52 Å². The first-order valence-electron chi connectivity index (χ1n) is 11.6. The second-order valence-electron chi connectivity index (χ2n) is 8.93. The number of para-hydroxylation sites is 2.